The summed E-state index contributed by atoms with van der Waals surface area (Å²) in [6.45, 7) is 13.2. The molecule has 1 aromatic heterocycles. The summed E-state index contributed by atoms with van der Waals surface area (Å²) in [5.41, 5.74) is 4.18. The number of aromatic nitrogens is 2. The second-order valence-corrected chi connectivity index (χ2v) is 11.0. The smallest absolute Gasteiger partial charge is 0.242 e. The van der Waals surface area contributed by atoms with Crippen LogP contribution in [0.1, 0.15) is 63.9 Å². The van der Waals surface area contributed by atoms with E-state index in [2.05, 4.69) is 43.6 Å². The summed E-state index contributed by atoms with van der Waals surface area (Å²) < 4.78 is 2.11. The van der Waals surface area contributed by atoms with Crippen molar-refractivity contribution in [3.05, 3.63) is 65.5 Å². The summed E-state index contributed by atoms with van der Waals surface area (Å²) in [5.74, 6) is 2.05. The fourth-order valence-corrected chi connectivity index (χ4v) is 4.74. The average Bonchev–Trinajstić information content (AvgIpc) is 3.19. The molecule has 1 heterocycles. The number of aryl methyl sites for hydroxylation is 2. The maximum atomic E-state index is 13.3. The Balaban J connectivity index is 1.54. The van der Waals surface area contributed by atoms with E-state index in [9.17, 15) is 9.59 Å². The Hall–Kier alpha value is -3.15. The predicted molar refractivity (Wildman–Crippen MR) is 151 cm³/mol. The lowest BCUT2D eigenvalue weighted by atomic mass is 10.1. The highest BCUT2D eigenvalue weighted by Gasteiger charge is 2.20. The number of carbonyl (C=O) groups is 2. The average molecular weight is 505 g/mol. The topological polar surface area (TPSA) is 67.2 Å². The quantitative estimate of drug-likeness (QED) is 0.292. The van der Waals surface area contributed by atoms with Gasteiger partial charge in [-0.05, 0) is 54.9 Å². The molecule has 200 valence electrons. The molecule has 0 bridgehead atoms. The lowest BCUT2D eigenvalue weighted by Crippen LogP contribution is -2.39. The van der Waals surface area contributed by atoms with E-state index >= 15 is 0 Å². The first-order valence-electron chi connectivity index (χ1n) is 13.8. The highest BCUT2D eigenvalue weighted by atomic mass is 16.2. The van der Waals surface area contributed by atoms with E-state index in [4.69, 9.17) is 4.98 Å². The number of imidazole rings is 1. The van der Waals surface area contributed by atoms with Crippen LogP contribution in [0.15, 0.2) is 48.5 Å². The van der Waals surface area contributed by atoms with E-state index in [-0.39, 0.29) is 11.8 Å². The number of unbranched alkanes of at least 4 members (excludes halogenated alkanes) is 2. The Morgan fingerprint density at radius 2 is 1.59 bits per heavy atom. The van der Waals surface area contributed by atoms with Crippen molar-refractivity contribution in [3.8, 4) is 0 Å². The number of hydrogen-bond acceptors (Lipinski definition) is 3. The van der Waals surface area contributed by atoms with Gasteiger partial charge in [0.25, 0.3) is 0 Å². The highest BCUT2D eigenvalue weighted by molar-refractivity contribution is 5.81. The van der Waals surface area contributed by atoms with Gasteiger partial charge in [-0.25, -0.2) is 4.98 Å². The predicted octanol–water partition coefficient (Wildman–Crippen LogP) is 5.56. The third kappa shape index (κ3) is 8.73. The van der Waals surface area contributed by atoms with Gasteiger partial charge >= 0.3 is 0 Å². The van der Waals surface area contributed by atoms with Crippen molar-refractivity contribution in [1.29, 1.82) is 0 Å². The molecule has 6 nitrogen and oxygen atoms in total. The van der Waals surface area contributed by atoms with Crippen LogP contribution < -0.4 is 5.32 Å². The van der Waals surface area contributed by atoms with Crippen molar-refractivity contribution in [2.75, 3.05) is 19.6 Å². The van der Waals surface area contributed by atoms with Gasteiger partial charge in [-0.3, -0.25) is 9.59 Å². The standard InChI is InChI=1S/C31H44N4O2/c1-23(2)20-34(21-24(3)4)31(37)22-35-28-16-11-10-15-27(28)33-29(35)17-7-6-12-18-32-30(36)19-26-14-9-8-13-25(26)5/h8-11,13-16,23-24H,6-7,12,17-22H2,1-5H3,(H,32,36). The van der Waals surface area contributed by atoms with E-state index in [0.717, 1.165) is 66.8 Å². The van der Waals surface area contributed by atoms with Crippen molar-refractivity contribution in [2.45, 2.75) is 73.3 Å². The van der Waals surface area contributed by atoms with Gasteiger partial charge in [-0.2, -0.15) is 0 Å². The van der Waals surface area contributed by atoms with E-state index in [1.54, 1.807) is 0 Å². The molecule has 0 aliphatic carbocycles. The molecule has 2 amide bonds. The zero-order valence-corrected chi connectivity index (χ0v) is 23.3. The molecule has 3 aromatic rings. The number of para-hydroxylation sites is 2. The van der Waals surface area contributed by atoms with Gasteiger partial charge in [0.1, 0.15) is 12.4 Å². The third-order valence-corrected chi connectivity index (χ3v) is 6.56. The molecule has 0 atom stereocenters. The summed E-state index contributed by atoms with van der Waals surface area (Å²) in [6.07, 6.45) is 4.12. The molecule has 6 heteroatoms. The van der Waals surface area contributed by atoms with Crippen LogP contribution in [-0.4, -0.2) is 45.9 Å². The molecule has 0 aliphatic rings. The Labute approximate surface area is 222 Å². The first-order chi connectivity index (χ1) is 17.7. The number of carbonyl (C=O) groups excluding carboxylic acids is 2. The highest BCUT2D eigenvalue weighted by Crippen LogP contribution is 2.19. The number of nitrogens with zero attached hydrogens (tertiary/aromatic N) is 3. The zero-order valence-electron chi connectivity index (χ0n) is 23.3. The zero-order chi connectivity index (χ0) is 26.8. The van der Waals surface area contributed by atoms with Crippen molar-refractivity contribution < 1.29 is 9.59 Å². The molecule has 1 N–H and O–H groups in total. The van der Waals surface area contributed by atoms with Crippen molar-refractivity contribution >= 4 is 22.8 Å². The number of hydrogen-bond donors (Lipinski definition) is 1. The monoisotopic (exact) mass is 504 g/mol. The lowest BCUT2D eigenvalue weighted by Gasteiger charge is -2.27. The maximum absolute atomic E-state index is 13.3. The molecular formula is C31H44N4O2. The first kappa shape index (κ1) is 28.4. The molecule has 0 saturated heterocycles. The van der Waals surface area contributed by atoms with Crippen molar-refractivity contribution in [1.82, 2.24) is 19.8 Å². The SMILES string of the molecule is Cc1ccccc1CC(=O)NCCCCCc1nc2ccccc2n1CC(=O)N(CC(C)C)CC(C)C. The fourth-order valence-electron chi connectivity index (χ4n) is 4.74. The van der Waals surface area contributed by atoms with Crippen LogP contribution in [0.3, 0.4) is 0 Å². The summed E-state index contributed by atoms with van der Waals surface area (Å²) in [5, 5.41) is 3.05. The molecule has 2 aromatic carbocycles. The Morgan fingerprint density at radius 3 is 2.30 bits per heavy atom. The lowest BCUT2D eigenvalue weighted by molar-refractivity contribution is -0.133. The number of benzene rings is 2. The van der Waals surface area contributed by atoms with Gasteiger partial charge in [0.05, 0.1) is 17.5 Å². The minimum atomic E-state index is 0.0713. The summed E-state index contributed by atoms with van der Waals surface area (Å²) in [7, 11) is 0. The van der Waals surface area contributed by atoms with Crippen LogP contribution in [0.4, 0.5) is 0 Å². The first-order valence-corrected chi connectivity index (χ1v) is 13.8. The number of amides is 2. The molecule has 0 fully saturated rings. The van der Waals surface area contributed by atoms with Crippen LogP contribution in [0.25, 0.3) is 11.0 Å². The number of nitrogens with one attached hydrogen (secondary N) is 1. The largest absolute Gasteiger partial charge is 0.356 e. The second kappa shape index (κ2) is 14.0. The van der Waals surface area contributed by atoms with E-state index in [1.165, 1.54) is 0 Å². The maximum Gasteiger partial charge on any atom is 0.242 e. The Morgan fingerprint density at radius 1 is 0.919 bits per heavy atom. The van der Waals surface area contributed by atoms with E-state index in [1.807, 2.05) is 54.3 Å². The Bertz CT molecular complexity index is 1150. The number of rotatable bonds is 14. The molecule has 0 unspecified atom stereocenters. The van der Waals surface area contributed by atoms with Crippen molar-refractivity contribution in [2.24, 2.45) is 11.8 Å². The number of fused-ring (bicyclic) bond motifs is 1. The van der Waals surface area contributed by atoms with Gasteiger partial charge in [0.2, 0.25) is 11.8 Å². The molecule has 0 saturated carbocycles. The molecule has 37 heavy (non-hydrogen) atoms. The van der Waals surface area contributed by atoms with E-state index in [0.29, 0.717) is 31.3 Å². The summed E-state index contributed by atoms with van der Waals surface area (Å²) >= 11 is 0. The third-order valence-electron chi connectivity index (χ3n) is 6.56. The van der Waals surface area contributed by atoms with Crippen LogP contribution in [0.2, 0.25) is 0 Å². The van der Waals surface area contributed by atoms with Crippen LogP contribution in [-0.2, 0) is 29.0 Å². The molecule has 0 radical (unpaired) electrons. The minimum Gasteiger partial charge on any atom is -0.356 e. The molecular weight excluding hydrogens is 460 g/mol. The van der Waals surface area contributed by atoms with Crippen LogP contribution in [0.5, 0.6) is 0 Å². The van der Waals surface area contributed by atoms with Gasteiger partial charge in [-0.15, -0.1) is 0 Å². The van der Waals surface area contributed by atoms with Crippen molar-refractivity contribution in [3.63, 3.8) is 0 Å². The second-order valence-electron chi connectivity index (χ2n) is 11.0. The molecule has 3 rings (SSSR count). The van der Waals surface area contributed by atoms with E-state index < -0.39 is 0 Å². The molecule has 0 spiro atoms. The normalized spacial score (nSPS) is 11.4. The minimum absolute atomic E-state index is 0.0713. The van der Waals surface area contributed by atoms with Crippen LogP contribution >= 0.6 is 0 Å². The fraction of sp³-hybridized carbons (Fsp3) is 0.516. The summed E-state index contributed by atoms with van der Waals surface area (Å²) in [6, 6.07) is 16.1. The van der Waals surface area contributed by atoms with Gasteiger partial charge in [0.15, 0.2) is 0 Å². The van der Waals surface area contributed by atoms with Gasteiger partial charge in [0, 0.05) is 26.1 Å². The van der Waals surface area contributed by atoms with Gasteiger partial charge in [-0.1, -0.05) is 70.5 Å². The van der Waals surface area contributed by atoms with Gasteiger partial charge < -0.3 is 14.8 Å². The Kier molecular flexibility index (Phi) is 10.7. The van der Waals surface area contributed by atoms with Crippen LogP contribution in [0, 0.1) is 18.8 Å². The summed E-state index contributed by atoms with van der Waals surface area (Å²) in [4.78, 5) is 32.5. The molecule has 0 aliphatic heterocycles.